The highest BCUT2D eigenvalue weighted by Gasteiger charge is 2.22. The van der Waals surface area contributed by atoms with Gasteiger partial charge in [0, 0.05) is 0 Å². The van der Waals surface area contributed by atoms with E-state index in [4.69, 9.17) is 5.11 Å². The summed E-state index contributed by atoms with van der Waals surface area (Å²) in [6.45, 7) is 4.01. The molecule has 0 rings (SSSR count). The highest BCUT2D eigenvalue weighted by molar-refractivity contribution is 4.67. The molecule has 2 N–H and O–H groups in total. The molecule has 0 aliphatic carbocycles. The average molecular weight is 133 g/mol. The predicted molar refractivity (Wildman–Crippen MR) is 36.0 cm³/mol. The Morgan fingerprint density at radius 2 is 2.00 bits per heavy atom. The fourth-order valence-corrected chi connectivity index (χ4v) is 0.461. The molecule has 0 spiro atoms. The van der Waals surface area contributed by atoms with Gasteiger partial charge in [0.2, 0.25) is 0 Å². The van der Waals surface area contributed by atoms with Crippen molar-refractivity contribution in [3.63, 3.8) is 0 Å². The van der Waals surface area contributed by atoms with E-state index in [0.717, 1.165) is 6.54 Å². The van der Waals surface area contributed by atoms with Crippen molar-refractivity contribution in [2.75, 3.05) is 20.2 Å². The summed E-state index contributed by atoms with van der Waals surface area (Å²) in [6, 6.07) is 0. The van der Waals surface area contributed by atoms with Gasteiger partial charge in [0.05, 0.1) is 6.61 Å². The summed E-state index contributed by atoms with van der Waals surface area (Å²) in [6.07, 6.45) is 0. The van der Waals surface area contributed by atoms with Crippen LogP contribution in [0.25, 0.3) is 0 Å². The molecule has 0 heterocycles. The summed E-state index contributed by atoms with van der Waals surface area (Å²) in [5.74, 6) is 0. The second kappa shape index (κ2) is 3.15. The largest absolute Gasteiger partial charge is 0.392 e. The van der Waals surface area contributed by atoms with Gasteiger partial charge in [0.1, 0.15) is 5.72 Å². The van der Waals surface area contributed by atoms with Crippen LogP contribution in [0.1, 0.15) is 13.8 Å². The van der Waals surface area contributed by atoms with Gasteiger partial charge in [0.15, 0.2) is 0 Å². The van der Waals surface area contributed by atoms with Crippen molar-refractivity contribution in [1.82, 2.24) is 4.90 Å². The van der Waals surface area contributed by atoms with Crippen LogP contribution < -0.4 is 0 Å². The first kappa shape index (κ1) is 8.88. The zero-order valence-corrected chi connectivity index (χ0v) is 6.26. The maximum absolute atomic E-state index is 9.27. The zero-order chi connectivity index (χ0) is 7.49. The van der Waals surface area contributed by atoms with E-state index in [1.165, 1.54) is 0 Å². The molecule has 0 aliphatic rings. The second-order valence-electron chi connectivity index (χ2n) is 2.39. The number of nitrogens with zero attached hydrogens (tertiary/aromatic N) is 1. The SMILES string of the molecule is CCN(C)C(C)(O)CO. The third-order valence-corrected chi connectivity index (χ3v) is 1.60. The number of aliphatic hydroxyl groups is 2. The first-order chi connectivity index (χ1) is 4.04. The van der Waals surface area contributed by atoms with Crippen LogP contribution in [0.2, 0.25) is 0 Å². The minimum atomic E-state index is -1.06. The maximum atomic E-state index is 9.27. The highest BCUT2D eigenvalue weighted by atomic mass is 16.3. The number of rotatable bonds is 3. The molecule has 0 aromatic heterocycles. The quantitative estimate of drug-likeness (QED) is 0.517. The van der Waals surface area contributed by atoms with Gasteiger partial charge in [-0.15, -0.1) is 0 Å². The molecule has 0 fully saturated rings. The van der Waals surface area contributed by atoms with Gasteiger partial charge in [-0.3, -0.25) is 4.90 Å². The van der Waals surface area contributed by atoms with Gasteiger partial charge in [0.25, 0.3) is 0 Å². The van der Waals surface area contributed by atoms with Crippen molar-refractivity contribution < 1.29 is 10.2 Å². The summed E-state index contributed by atoms with van der Waals surface area (Å²) in [4.78, 5) is 1.67. The van der Waals surface area contributed by atoms with E-state index in [-0.39, 0.29) is 6.61 Å². The van der Waals surface area contributed by atoms with Crippen molar-refractivity contribution in [2.45, 2.75) is 19.6 Å². The molecule has 0 saturated heterocycles. The lowest BCUT2D eigenvalue weighted by Crippen LogP contribution is -2.46. The molecule has 3 heteroatoms. The number of aliphatic hydroxyl groups excluding tert-OH is 1. The average Bonchev–Trinajstić information content (AvgIpc) is 1.86. The Kier molecular flexibility index (Phi) is 3.11. The monoisotopic (exact) mass is 133 g/mol. The van der Waals surface area contributed by atoms with Crippen molar-refractivity contribution >= 4 is 0 Å². The fraction of sp³-hybridized carbons (Fsp3) is 1.00. The van der Waals surface area contributed by atoms with Gasteiger partial charge < -0.3 is 10.2 Å². The van der Waals surface area contributed by atoms with Crippen LogP contribution in [-0.4, -0.2) is 41.0 Å². The molecular formula is C6H15NO2. The molecule has 56 valence electrons. The van der Waals surface area contributed by atoms with E-state index >= 15 is 0 Å². The Morgan fingerprint density at radius 1 is 1.56 bits per heavy atom. The van der Waals surface area contributed by atoms with Gasteiger partial charge in [-0.2, -0.15) is 0 Å². The van der Waals surface area contributed by atoms with Crippen molar-refractivity contribution in [3.05, 3.63) is 0 Å². The minimum Gasteiger partial charge on any atom is -0.392 e. The number of hydrogen-bond donors (Lipinski definition) is 2. The Bertz CT molecular complexity index is 83.1. The van der Waals surface area contributed by atoms with E-state index < -0.39 is 5.72 Å². The molecule has 0 saturated carbocycles. The molecule has 0 radical (unpaired) electrons. The van der Waals surface area contributed by atoms with E-state index in [2.05, 4.69) is 0 Å². The Hall–Kier alpha value is -0.120. The molecule has 0 bridgehead atoms. The normalized spacial score (nSPS) is 18.0. The second-order valence-corrected chi connectivity index (χ2v) is 2.39. The van der Waals surface area contributed by atoms with Gasteiger partial charge in [-0.05, 0) is 20.5 Å². The maximum Gasteiger partial charge on any atom is 0.138 e. The third kappa shape index (κ3) is 2.30. The van der Waals surface area contributed by atoms with Crippen LogP contribution in [0.5, 0.6) is 0 Å². The summed E-state index contributed by atoms with van der Waals surface area (Å²) in [5, 5.41) is 17.9. The number of hydrogen-bond acceptors (Lipinski definition) is 3. The zero-order valence-electron chi connectivity index (χ0n) is 6.26. The van der Waals surface area contributed by atoms with Crippen LogP contribution in [0.3, 0.4) is 0 Å². The molecule has 9 heavy (non-hydrogen) atoms. The minimum absolute atomic E-state index is 0.225. The lowest BCUT2D eigenvalue weighted by atomic mass is 10.2. The number of likely N-dealkylation sites (N-methyl/N-ethyl adjacent to an activating group) is 1. The first-order valence-corrected chi connectivity index (χ1v) is 3.09. The first-order valence-electron chi connectivity index (χ1n) is 3.09. The van der Waals surface area contributed by atoms with Crippen molar-refractivity contribution in [2.24, 2.45) is 0 Å². The molecule has 0 aliphatic heterocycles. The van der Waals surface area contributed by atoms with E-state index in [1.54, 1.807) is 18.9 Å². The summed E-state index contributed by atoms with van der Waals surface area (Å²) < 4.78 is 0. The lowest BCUT2D eigenvalue weighted by molar-refractivity contribution is -0.111. The molecular weight excluding hydrogens is 118 g/mol. The van der Waals surface area contributed by atoms with E-state index in [9.17, 15) is 5.11 Å². The Morgan fingerprint density at radius 3 is 2.11 bits per heavy atom. The van der Waals surface area contributed by atoms with Gasteiger partial charge >= 0.3 is 0 Å². The standard InChI is InChI=1S/C6H15NO2/c1-4-7(3)6(2,9)5-8/h8-9H,4-5H2,1-3H3. The van der Waals surface area contributed by atoms with Crippen molar-refractivity contribution in [3.8, 4) is 0 Å². The summed E-state index contributed by atoms with van der Waals surface area (Å²) in [7, 11) is 1.76. The predicted octanol–water partition coefficient (Wildman–Crippen LogP) is -0.361. The Balaban J connectivity index is 3.80. The molecule has 0 aromatic carbocycles. The molecule has 1 atom stereocenters. The van der Waals surface area contributed by atoms with Gasteiger partial charge in [-0.1, -0.05) is 6.92 Å². The summed E-state index contributed by atoms with van der Waals surface area (Å²) >= 11 is 0. The fourth-order valence-electron chi connectivity index (χ4n) is 0.461. The van der Waals surface area contributed by atoms with Crippen LogP contribution in [0.4, 0.5) is 0 Å². The molecule has 0 amide bonds. The smallest absolute Gasteiger partial charge is 0.138 e. The highest BCUT2D eigenvalue weighted by Crippen LogP contribution is 2.05. The van der Waals surface area contributed by atoms with E-state index in [0.29, 0.717) is 0 Å². The molecule has 3 nitrogen and oxygen atoms in total. The topological polar surface area (TPSA) is 43.7 Å². The van der Waals surface area contributed by atoms with Crippen LogP contribution >= 0.6 is 0 Å². The molecule has 1 unspecified atom stereocenters. The Labute approximate surface area is 55.9 Å². The van der Waals surface area contributed by atoms with Crippen LogP contribution in [0, 0.1) is 0 Å². The van der Waals surface area contributed by atoms with Crippen LogP contribution in [0.15, 0.2) is 0 Å². The lowest BCUT2D eigenvalue weighted by Gasteiger charge is -2.30. The van der Waals surface area contributed by atoms with Gasteiger partial charge in [-0.25, -0.2) is 0 Å². The third-order valence-electron chi connectivity index (χ3n) is 1.60. The van der Waals surface area contributed by atoms with Crippen LogP contribution in [-0.2, 0) is 0 Å². The van der Waals surface area contributed by atoms with E-state index in [1.807, 2.05) is 6.92 Å². The molecule has 0 aromatic rings. The summed E-state index contributed by atoms with van der Waals surface area (Å²) in [5.41, 5.74) is -1.06. The van der Waals surface area contributed by atoms with Crippen molar-refractivity contribution in [1.29, 1.82) is 0 Å².